The molecular weight excluding hydrogens is 811 g/mol. The molecular formula is C59H39N5S. The molecule has 0 aliphatic carbocycles. The Morgan fingerprint density at radius 1 is 0.308 bits per heavy atom. The van der Waals surface area contributed by atoms with E-state index in [1.807, 2.05) is 11.3 Å². The first-order chi connectivity index (χ1) is 32.2. The lowest BCUT2D eigenvalue weighted by Gasteiger charge is -2.26. The van der Waals surface area contributed by atoms with Crippen LogP contribution in [0.15, 0.2) is 237 Å². The van der Waals surface area contributed by atoms with Crippen LogP contribution in [0.2, 0.25) is 0 Å². The third-order valence-electron chi connectivity index (χ3n) is 12.7. The Kier molecular flexibility index (Phi) is 8.64. The molecule has 0 fully saturated rings. The number of nitrogens with zero attached hydrogens (tertiary/aromatic N) is 5. The van der Waals surface area contributed by atoms with E-state index >= 15 is 0 Å². The van der Waals surface area contributed by atoms with E-state index in [2.05, 4.69) is 256 Å². The molecule has 0 spiro atoms. The van der Waals surface area contributed by atoms with Crippen molar-refractivity contribution in [3.8, 4) is 11.4 Å². The summed E-state index contributed by atoms with van der Waals surface area (Å²) in [5, 5.41) is 7.26. The van der Waals surface area contributed by atoms with Crippen molar-refractivity contribution in [1.29, 1.82) is 0 Å². The van der Waals surface area contributed by atoms with Gasteiger partial charge in [-0.3, -0.25) is 4.90 Å². The molecule has 306 valence electrons. The van der Waals surface area contributed by atoms with E-state index < -0.39 is 0 Å². The van der Waals surface area contributed by atoms with Gasteiger partial charge < -0.3 is 14.0 Å². The van der Waals surface area contributed by atoms with Gasteiger partial charge in [0.2, 0.25) is 0 Å². The molecule has 0 bridgehead atoms. The summed E-state index contributed by atoms with van der Waals surface area (Å²) in [6.45, 7) is 0. The molecule has 0 amide bonds. The van der Waals surface area contributed by atoms with E-state index in [0.717, 1.165) is 56.5 Å². The summed E-state index contributed by atoms with van der Waals surface area (Å²) in [5.74, 6) is 0.866. The first kappa shape index (κ1) is 37.1. The SMILES string of the molecule is c1ccc(N(c2ccc3c(c2)sc2cc(N(c4ccccc4)c4ccc5c6ccccc6n(-c6ccccc6)c5c4)ncc23)c2ccc3c4ccccc4n(-c4ccccc4)c3c2)cc1. The zero-order valence-electron chi connectivity index (χ0n) is 35.2. The summed E-state index contributed by atoms with van der Waals surface area (Å²) in [6, 6.07) is 82.8. The van der Waals surface area contributed by atoms with Gasteiger partial charge in [0.05, 0.1) is 22.1 Å². The highest BCUT2D eigenvalue weighted by molar-refractivity contribution is 7.25. The van der Waals surface area contributed by atoms with E-state index in [1.165, 1.54) is 52.9 Å². The first-order valence-corrected chi connectivity index (χ1v) is 22.8. The topological polar surface area (TPSA) is 29.2 Å². The Morgan fingerprint density at radius 3 is 1.28 bits per heavy atom. The normalized spacial score (nSPS) is 11.7. The van der Waals surface area contributed by atoms with Crippen molar-refractivity contribution in [3.05, 3.63) is 237 Å². The van der Waals surface area contributed by atoms with Gasteiger partial charge in [-0.15, -0.1) is 11.3 Å². The number of aromatic nitrogens is 3. The Hall–Kier alpha value is -8.45. The van der Waals surface area contributed by atoms with Crippen LogP contribution in [-0.4, -0.2) is 14.1 Å². The van der Waals surface area contributed by atoms with Crippen molar-refractivity contribution in [3.63, 3.8) is 0 Å². The second kappa shape index (κ2) is 15.1. The molecule has 4 heterocycles. The lowest BCUT2D eigenvalue weighted by Crippen LogP contribution is -2.11. The fourth-order valence-corrected chi connectivity index (χ4v) is 11.0. The molecule has 4 aromatic heterocycles. The minimum atomic E-state index is 0.866. The minimum Gasteiger partial charge on any atom is -0.310 e. The fraction of sp³-hybridized carbons (Fsp3) is 0. The zero-order valence-corrected chi connectivity index (χ0v) is 36.0. The molecule has 13 aromatic rings. The van der Waals surface area contributed by atoms with E-state index in [-0.39, 0.29) is 0 Å². The van der Waals surface area contributed by atoms with Gasteiger partial charge in [-0.1, -0.05) is 127 Å². The van der Waals surface area contributed by atoms with Crippen LogP contribution in [-0.2, 0) is 0 Å². The predicted octanol–water partition coefficient (Wildman–Crippen LogP) is 16.6. The molecule has 5 nitrogen and oxygen atoms in total. The van der Waals surface area contributed by atoms with Crippen molar-refractivity contribution >= 4 is 109 Å². The molecule has 9 aromatic carbocycles. The highest BCUT2D eigenvalue weighted by Gasteiger charge is 2.21. The van der Waals surface area contributed by atoms with Crippen LogP contribution in [0, 0.1) is 0 Å². The third kappa shape index (κ3) is 6.10. The number of pyridine rings is 1. The molecule has 0 saturated heterocycles. The number of para-hydroxylation sites is 6. The zero-order chi connectivity index (χ0) is 42.8. The van der Waals surface area contributed by atoms with Gasteiger partial charge in [-0.2, -0.15) is 0 Å². The van der Waals surface area contributed by atoms with Crippen LogP contribution in [0.3, 0.4) is 0 Å². The van der Waals surface area contributed by atoms with Crippen molar-refractivity contribution in [1.82, 2.24) is 14.1 Å². The number of hydrogen-bond donors (Lipinski definition) is 0. The van der Waals surface area contributed by atoms with Crippen molar-refractivity contribution in [2.24, 2.45) is 0 Å². The van der Waals surface area contributed by atoms with E-state index in [1.54, 1.807) is 0 Å². The number of hydrogen-bond acceptors (Lipinski definition) is 4. The summed E-state index contributed by atoms with van der Waals surface area (Å²) in [7, 11) is 0. The fourth-order valence-electron chi connectivity index (χ4n) is 9.83. The van der Waals surface area contributed by atoms with Crippen LogP contribution in [0.25, 0.3) is 75.2 Å². The Morgan fingerprint density at radius 2 is 0.723 bits per heavy atom. The Bertz CT molecular complexity index is 3640. The highest BCUT2D eigenvalue weighted by Crippen LogP contribution is 2.45. The summed E-state index contributed by atoms with van der Waals surface area (Å²) < 4.78 is 7.15. The van der Waals surface area contributed by atoms with E-state index in [0.29, 0.717) is 0 Å². The predicted molar refractivity (Wildman–Crippen MR) is 275 cm³/mol. The number of rotatable bonds is 8. The average molecular weight is 850 g/mol. The number of benzene rings is 9. The lowest BCUT2D eigenvalue weighted by molar-refractivity contribution is 1.17. The molecule has 65 heavy (non-hydrogen) atoms. The van der Waals surface area contributed by atoms with E-state index in [9.17, 15) is 0 Å². The maximum absolute atomic E-state index is 5.23. The quantitative estimate of drug-likeness (QED) is 0.153. The smallest absolute Gasteiger partial charge is 0.138 e. The van der Waals surface area contributed by atoms with Gasteiger partial charge >= 0.3 is 0 Å². The molecule has 6 heteroatoms. The molecule has 0 unspecified atom stereocenters. The second-order valence-electron chi connectivity index (χ2n) is 16.4. The van der Waals surface area contributed by atoms with Gasteiger partial charge in [0.25, 0.3) is 0 Å². The van der Waals surface area contributed by atoms with Gasteiger partial charge in [0.1, 0.15) is 5.82 Å². The van der Waals surface area contributed by atoms with Crippen molar-refractivity contribution < 1.29 is 0 Å². The molecule has 0 N–H and O–H groups in total. The van der Waals surface area contributed by atoms with E-state index in [4.69, 9.17) is 4.98 Å². The lowest BCUT2D eigenvalue weighted by atomic mass is 10.1. The van der Waals surface area contributed by atoms with Crippen molar-refractivity contribution in [2.75, 3.05) is 9.80 Å². The average Bonchev–Trinajstić information content (AvgIpc) is 4.02. The summed E-state index contributed by atoms with van der Waals surface area (Å²) in [4.78, 5) is 9.89. The van der Waals surface area contributed by atoms with Gasteiger partial charge in [0, 0.05) is 87.7 Å². The molecule has 13 rings (SSSR count). The van der Waals surface area contributed by atoms with Crippen LogP contribution >= 0.6 is 11.3 Å². The molecule has 0 saturated carbocycles. The van der Waals surface area contributed by atoms with Crippen LogP contribution in [0.4, 0.5) is 34.3 Å². The number of anilines is 6. The van der Waals surface area contributed by atoms with Crippen LogP contribution < -0.4 is 9.80 Å². The van der Waals surface area contributed by atoms with Gasteiger partial charge in [-0.25, -0.2) is 4.98 Å². The molecule has 0 aliphatic rings. The minimum absolute atomic E-state index is 0.866. The standard InChI is InChI=1S/C59H39N5S/c1-5-17-40(18-6-1)61(44-29-32-49-47-25-13-15-27-53(47)63(55(49)35-44)42-21-9-3-10-22-42)46-31-34-51-52-39-60-59(38-58(52)65-57(51)37-46)62(41-19-7-2-8-20-41)45-30-33-50-48-26-14-16-28-54(48)64(56(50)36-45)43-23-11-4-12-24-43/h1-39H. The number of fused-ring (bicyclic) bond motifs is 9. The summed E-state index contributed by atoms with van der Waals surface area (Å²) in [5.41, 5.74) is 12.3. The second-order valence-corrected chi connectivity index (χ2v) is 17.5. The first-order valence-electron chi connectivity index (χ1n) is 22.0. The number of thiophene rings is 1. The Labute approximate surface area is 379 Å². The van der Waals surface area contributed by atoms with Gasteiger partial charge in [0.15, 0.2) is 0 Å². The third-order valence-corrected chi connectivity index (χ3v) is 13.8. The molecule has 0 atom stereocenters. The van der Waals surface area contributed by atoms with Gasteiger partial charge in [-0.05, 0) is 103 Å². The maximum Gasteiger partial charge on any atom is 0.138 e. The molecule has 0 radical (unpaired) electrons. The monoisotopic (exact) mass is 849 g/mol. The van der Waals surface area contributed by atoms with Crippen LogP contribution in [0.1, 0.15) is 0 Å². The summed E-state index contributed by atoms with van der Waals surface area (Å²) >= 11 is 1.81. The maximum atomic E-state index is 5.23. The van der Waals surface area contributed by atoms with Crippen molar-refractivity contribution in [2.45, 2.75) is 0 Å². The largest absolute Gasteiger partial charge is 0.310 e. The summed E-state index contributed by atoms with van der Waals surface area (Å²) in [6.07, 6.45) is 2.06. The highest BCUT2D eigenvalue weighted by atomic mass is 32.1. The molecule has 0 aliphatic heterocycles. The Balaban J connectivity index is 0.949. The van der Waals surface area contributed by atoms with Crippen LogP contribution in [0.5, 0.6) is 0 Å².